The molecule has 72 valence electrons. The summed E-state index contributed by atoms with van der Waals surface area (Å²) in [4.78, 5) is 0. The van der Waals surface area contributed by atoms with Crippen LogP contribution >= 0.6 is 0 Å². The third kappa shape index (κ3) is 1.21. The lowest BCUT2D eigenvalue weighted by Crippen LogP contribution is -2.04. The zero-order valence-electron chi connectivity index (χ0n) is 8.34. The summed E-state index contributed by atoms with van der Waals surface area (Å²) in [5, 5.41) is 8.80. The van der Waals surface area contributed by atoms with Crippen molar-refractivity contribution in [2.24, 2.45) is 5.92 Å². The van der Waals surface area contributed by atoms with Gasteiger partial charge in [-0.1, -0.05) is 19.1 Å². The van der Waals surface area contributed by atoms with Gasteiger partial charge in [-0.2, -0.15) is 5.26 Å². The van der Waals surface area contributed by atoms with Crippen LogP contribution in [0.4, 0.5) is 4.39 Å². The van der Waals surface area contributed by atoms with Crippen molar-refractivity contribution in [2.75, 3.05) is 0 Å². The van der Waals surface area contributed by atoms with E-state index in [1.165, 1.54) is 6.07 Å². The molecule has 2 atom stereocenters. The molecule has 0 aromatic heterocycles. The predicted molar refractivity (Wildman–Crippen MR) is 52.2 cm³/mol. The summed E-state index contributed by atoms with van der Waals surface area (Å²) in [6, 6.07) is 7.40. The molecule has 0 saturated heterocycles. The lowest BCUT2D eigenvalue weighted by molar-refractivity contribution is 0.615. The van der Waals surface area contributed by atoms with Crippen LogP contribution in [0, 0.1) is 30.0 Å². The molecule has 0 aliphatic heterocycles. The fourth-order valence-electron chi connectivity index (χ4n) is 1.87. The highest BCUT2D eigenvalue weighted by Crippen LogP contribution is 2.53. The largest absolute Gasteiger partial charge is 0.207 e. The first-order valence-electron chi connectivity index (χ1n) is 4.74. The Morgan fingerprint density at radius 3 is 2.79 bits per heavy atom. The van der Waals surface area contributed by atoms with Crippen LogP contribution in [0.3, 0.4) is 0 Å². The van der Waals surface area contributed by atoms with Crippen LogP contribution < -0.4 is 0 Å². The molecule has 1 nitrogen and oxygen atoms in total. The molecule has 0 radical (unpaired) electrons. The second-order valence-electron chi connectivity index (χ2n) is 4.27. The number of hydrogen-bond acceptors (Lipinski definition) is 1. The lowest BCUT2D eigenvalue weighted by Gasteiger charge is -2.10. The van der Waals surface area contributed by atoms with Gasteiger partial charge in [0.2, 0.25) is 0 Å². The van der Waals surface area contributed by atoms with E-state index in [4.69, 9.17) is 5.26 Å². The first-order valence-corrected chi connectivity index (χ1v) is 4.74. The third-order valence-corrected chi connectivity index (χ3v) is 3.21. The van der Waals surface area contributed by atoms with E-state index in [1.54, 1.807) is 13.0 Å². The molecule has 1 aliphatic carbocycles. The van der Waals surface area contributed by atoms with Crippen LogP contribution in [-0.2, 0) is 5.41 Å². The van der Waals surface area contributed by atoms with Gasteiger partial charge in [-0.25, -0.2) is 4.39 Å². The lowest BCUT2D eigenvalue weighted by atomic mass is 9.94. The fraction of sp³-hybridized carbons (Fsp3) is 0.417. The topological polar surface area (TPSA) is 23.8 Å². The molecule has 2 rings (SSSR count). The maximum atomic E-state index is 13.0. The van der Waals surface area contributed by atoms with Gasteiger partial charge in [0.15, 0.2) is 0 Å². The number of rotatable bonds is 1. The molecule has 1 saturated carbocycles. The SMILES string of the molecule is Cc1cc(C2(C)CC2C#N)ccc1F. The van der Waals surface area contributed by atoms with E-state index in [9.17, 15) is 4.39 Å². The maximum absolute atomic E-state index is 13.0. The molecule has 2 unspecified atom stereocenters. The van der Waals surface area contributed by atoms with E-state index in [-0.39, 0.29) is 17.2 Å². The molecule has 0 bridgehead atoms. The fourth-order valence-corrected chi connectivity index (χ4v) is 1.87. The van der Waals surface area contributed by atoms with Gasteiger partial charge in [-0.15, -0.1) is 0 Å². The molecule has 1 aromatic rings. The van der Waals surface area contributed by atoms with E-state index in [1.807, 2.05) is 6.07 Å². The molecule has 1 fully saturated rings. The van der Waals surface area contributed by atoms with Gasteiger partial charge >= 0.3 is 0 Å². The minimum Gasteiger partial charge on any atom is -0.207 e. The van der Waals surface area contributed by atoms with Crippen molar-refractivity contribution < 1.29 is 4.39 Å². The van der Waals surface area contributed by atoms with E-state index in [0.29, 0.717) is 5.56 Å². The van der Waals surface area contributed by atoms with Gasteiger partial charge in [-0.3, -0.25) is 0 Å². The Kier molecular flexibility index (Phi) is 1.85. The normalized spacial score (nSPS) is 29.7. The highest BCUT2D eigenvalue weighted by Gasteiger charge is 2.51. The van der Waals surface area contributed by atoms with Crippen LogP contribution in [-0.4, -0.2) is 0 Å². The molecule has 0 amide bonds. The van der Waals surface area contributed by atoms with Gasteiger partial charge in [0, 0.05) is 5.41 Å². The smallest absolute Gasteiger partial charge is 0.126 e. The summed E-state index contributed by atoms with van der Waals surface area (Å²) in [5.74, 6) is -0.0705. The standard InChI is InChI=1S/C12H12FN/c1-8-5-9(3-4-11(8)13)12(2)6-10(12)7-14/h3-5,10H,6H2,1-2H3. The monoisotopic (exact) mass is 189 g/mol. The van der Waals surface area contributed by atoms with Crippen LogP contribution in [0.2, 0.25) is 0 Å². The second kappa shape index (κ2) is 2.81. The minimum absolute atomic E-state index is 0.0345. The summed E-state index contributed by atoms with van der Waals surface area (Å²) in [5.41, 5.74) is 1.71. The first kappa shape index (κ1) is 9.21. The Morgan fingerprint density at radius 2 is 2.29 bits per heavy atom. The molecule has 0 spiro atoms. The van der Waals surface area contributed by atoms with E-state index >= 15 is 0 Å². The Bertz CT molecular complexity index is 419. The maximum Gasteiger partial charge on any atom is 0.126 e. The van der Waals surface area contributed by atoms with Crippen LogP contribution in [0.25, 0.3) is 0 Å². The Hall–Kier alpha value is -1.36. The Labute approximate surface area is 83.2 Å². The van der Waals surface area contributed by atoms with Crippen molar-refractivity contribution in [3.05, 3.63) is 35.1 Å². The van der Waals surface area contributed by atoms with Gasteiger partial charge < -0.3 is 0 Å². The molecule has 0 N–H and O–H groups in total. The van der Waals surface area contributed by atoms with Crippen molar-refractivity contribution in [1.82, 2.24) is 0 Å². The van der Waals surface area contributed by atoms with Crippen molar-refractivity contribution in [3.8, 4) is 6.07 Å². The summed E-state index contributed by atoms with van der Waals surface area (Å²) < 4.78 is 13.0. The Balaban J connectivity index is 2.36. The van der Waals surface area contributed by atoms with Crippen molar-refractivity contribution in [1.29, 1.82) is 5.26 Å². The summed E-state index contributed by atoms with van der Waals surface area (Å²) in [6.07, 6.45) is 0.897. The number of nitrogens with zero attached hydrogens (tertiary/aromatic N) is 1. The van der Waals surface area contributed by atoms with Crippen LogP contribution in [0.1, 0.15) is 24.5 Å². The highest BCUT2D eigenvalue weighted by molar-refractivity contribution is 5.38. The van der Waals surface area contributed by atoms with Gasteiger partial charge in [-0.05, 0) is 30.5 Å². The quantitative estimate of drug-likeness (QED) is 0.666. The van der Waals surface area contributed by atoms with Crippen molar-refractivity contribution >= 4 is 0 Å². The molecule has 2 heteroatoms. The number of halogens is 1. The number of aryl methyl sites for hydroxylation is 1. The number of nitriles is 1. The molecule has 1 aliphatic rings. The minimum atomic E-state index is -0.175. The van der Waals surface area contributed by atoms with Crippen molar-refractivity contribution in [3.63, 3.8) is 0 Å². The highest BCUT2D eigenvalue weighted by atomic mass is 19.1. The third-order valence-electron chi connectivity index (χ3n) is 3.21. The van der Waals surface area contributed by atoms with Crippen molar-refractivity contribution in [2.45, 2.75) is 25.7 Å². The van der Waals surface area contributed by atoms with E-state index < -0.39 is 0 Å². The average Bonchev–Trinajstić information content (AvgIpc) is 2.83. The average molecular weight is 189 g/mol. The van der Waals surface area contributed by atoms with E-state index in [2.05, 4.69) is 13.0 Å². The summed E-state index contributed by atoms with van der Waals surface area (Å²) >= 11 is 0. The number of hydrogen-bond donors (Lipinski definition) is 0. The molecular weight excluding hydrogens is 177 g/mol. The van der Waals surface area contributed by atoms with Gasteiger partial charge in [0.1, 0.15) is 5.82 Å². The molecule has 0 heterocycles. The molecule has 1 aromatic carbocycles. The van der Waals surface area contributed by atoms with Crippen LogP contribution in [0.15, 0.2) is 18.2 Å². The van der Waals surface area contributed by atoms with E-state index in [0.717, 1.165) is 12.0 Å². The molecule has 14 heavy (non-hydrogen) atoms. The van der Waals surface area contributed by atoms with Crippen LogP contribution in [0.5, 0.6) is 0 Å². The number of benzene rings is 1. The predicted octanol–water partition coefficient (Wildman–Crippen LogP) is 2.94. The Morgan fingerprint density at radius 1 is 1.57 bits per heavy atom. The summed E-state index contributed by atoms with van der Waals surface area (Å²) in [6.45, 7) is 3.82. The van der Waals surface area contributed by atoms with Gasteiger partial charge in [0.05, 0.1) is 12.0 Å². The zero-order valence-corrected chi connectivity index (χ0v) is 8.34. The van der Waals surface area contributed by atoms with Gasteiger partial charge in [0.25, 0.3) is 0 Å². The molecular formula is C12H12FN. The summed E-state index contributed by atoms with van der Waals surface area (Å²) in [7, 11) is 0. The zero-order chi connectivity index (χ0) is 10.3. The second-order valence-corrected chi connectivity index (χ2v) is 4.27. The first-order chi connectivity index (χ1) is 6.58.